The second-order valence-electron chi connectivity index (χ2n) is 4.62. The fourth-order valence-corrected chi connectivity index (χ4v) is 2.65. The zero-order valence-electron chi connectivity index (χ0n) is 12.3. The first-order chi connectivity index (χ1) is 11.3. The first-order valence-corrected chi connectivity index (χ1v) is 7.55. The third-order valence-corrected chi connectivity index (χ3v) is 4.03. The Balaban J connectivity index is 2.64. The SMILES string of the molecule is C=Cc1cc(C(=O)O)c(Nc2cc(OC)c(I)cc2F)c(F)c1F. The molecule has 0 fully saturated rings. The highest BCUT2D eigenvalue weighted by Gasteiger charge is 2.22. The molecule has 2 aromatic carbocycles. The van der Waals surface area contributed by atoms with Crippen LogP contribution in [0.5, 0.6) is 5.75 Å². The molecule has 8 heteroatoms. The Morgan fingerprint density at radius 1 is 1.29 bits per heavy atom. The molecule has 126 valence electrons. The van der Waals surface area contributed by atoms with Crippen LogP contribution in [-0.2, 0) is 0 Å². The Kier molecular flexibility index (Phi) is 5.37. The molecule has 0 radical (unpaired) electrons. The van der Waals surface area contributed by atoms with Crippen LogP contribution in [0.15, 0.2) is 24.8 Å². The van der Waals surface area contributed by atoms with E-state index in [2.05, 4.69) is 11.9 Å². The van der Waals surface area contributed by atoms with Gasteiger partial charge in [-0.05, 0) is 34.7 Å². The van der Waals surface area contributed by atoms with E-state index in [1.807, 2.05) is 22.6 Å². The topological polar surface area (TPSA) is 58.6 Å². The van der Waals surface area contributed by atoms with Crippen molar-refractivity contribution in [2.45, 2.75) is 0 Å². The fourth-order valence-electron chi connectivity index (χ4n) is 2.00. The number of carboxylic acids is 1. The summed E-state index contributed by atoms with van der Waals surface area (Å²) in [6.45, 7) is 3.30. The molecule has 4 nitrogen and oxygen atoms in total. The number of hydrogen-bond acceptors (Lipinski definition) is 3. The van der Waals surface area contributed by atoms with Crippen molar-refractivity contribution < 1.29 is 27.8 Å². The number of methoxy groups -OCH3 is 1. The minimum atomic E-state index is -1.50. The van der Waals surface area contributed by atoms with Gasteiger partial charge >= 0.3 is 5.97 Å². The summed E-state index contributed by atoms with van der Waals surface area (Å²) in [7, 11) is 1.36. The third kappa shape index (κ3) is 3.32. The highest BCUT2D eigenvalue weighted by Crippen LogP contribution is 2.33. The van der Waals surface area contributed by atoms with Crippen LogP contribution in [0.1, 0.15) is 15.9 Å². The van der Waals surface area contributed by atoms with Gasteiger partial charge < -0.3 is 15.2 Å². The van der Waals surface area contributed by atoms with Crippen LogP contribution in [0.3, 0.4) is 0 Å². The van der Waals surface area contributed by atoms with Gasteiger partial charge in [-0.2, -0.15) is 0 Å². The molecular weight excluding hydrogens is 438 g/mol. The molecule has 0 unspecified atom stereocenters. The first kappa shape index (κ1) is 18.1. The minimum Gasteiger partial charge on any atom is -0.496 e. The summed E-state index contributed by atoms with van der Waals surface area (Å²) in [5.41, 5.74) is -1.80. The molecule has 0 saturated heterocycles. The summed E-state index contributed by atoms with van der Waals surface area (Å²) in [5.74, 6) is -4.71. The Morgan fingerprint density at radius 3 is 2.50 bits per heavy atom. The number of carboxylic acid groups (broad SMARTS) is 1. The van der Waals surface area contributed by atoms with Gasteiger partial charge in [-0.15, -0.1) is 0 Å². The number of halogens is 4. The summed E-state index contributed by atoms with van der Waals surface area (Å²) in [5, 5.41) is 11.5. The van der Waals surface area contributed by atoms with Crippen molar-refractivity contribution in [1.82, 2.24) is 0 Å². The molecule has 0 aliphatic rings. The molecule has 0 spiro atoms. The van der Waals surface area contributed by atoms with E-state index in [-0.39, 0.29) is 11.3 Å². The van der Waals surface area contributed by atoms with E-state index in [0.717, 1.165) is 18.2 Å². The lowest BCUT2D eigenvalue weighted by Crippen LogP contribution is -2.09. The van der Waals surface area contributed by atoms with E-state index >= 15 is 0 Å². The van der Waals surface area contributed by atoms with Crippen LogP contribution in [-0.4, -0.2) is 18.2 Å². The zero-order chi connectivity index (χ0) is 18.0. The van der Waals surface area contributed by atoms with E-state index < -0.39 is 34.7 Å². The van der Waals surface area contributed by atoms with Gasteiger partial charge in [-0.1, -0.05) is 12.7 Å². The summed E-state index contributed by atoms with van der Waals surface area (Å²) < 4.78 is 47.7. The average molecular weight is 449 g/mol. The average Bonchev–Trinajstić information content (AvgIpc) is 2.53. The van der Waals surface area contributed by atoms with Crippen LogP contribution in [0, 0.1) is 21.0 Å². The molecule has 0 atom stereocenters. The maximum absolute atomic E-state index is 14.2. The molecule has 24 heavy (non-hydrogen) atoms. The smallest absolute Gasteiger partial charge is 0.337 e. The fraction of sp³-hybridized carbons (Fsp3) is 0.0625. The number of nitrogens with one attached hydrogen (secondary N) is 1. The highest BCUT2D eigenvalue weighted by molar-refractivity contribution is 14.1. The molecule has 0 amide bonds. The Bertz CT molecular complexity index is 840. The minimum absolute atomic E-state index is 0.251. The molecule has 0 heterocycles. The molecule has 0 aromatic heterocycles. The maximum atomic E-state index is 14.2. The molecule has 2 aromatic rings. The maximum Gasteiger partial charge on any atom is 0.337 e. The number of anilines is 2. The Labute approximate surface area is 149 Å². The van der Waals surface area contributed by atoms with Crippen molar-refractivity contribution in [3.05, 3.63) is 56.9 Å². The van der Waals surface area contributed by atoms with E-state index in [1.165, 1.54) is 13.2 Å². The summed E-state index contributed by atoms with van der Waals surface area (Å²) in [6, 6.07) is 3.26. The Hall–Kier alpha value is -2.23. The van der Waals surface area contributed by atoms with Crippen molar-refractivity contribution in [2.24, 2.45) is 0 Å². The van der Waals surface area contributed by atoms with Gasteiger partial charge in [0, 0.05) is 11.6 Å². The lowest BCUT2D eigenvalue weighted by atomic mass is 10.1. The number of aromatic carboxylic acids is 1. The number of ether oxygens (including phenoxy) is 1. The van der Waals surface area contributed by atoms with Crippen molar-refractivity contribution in [3.63, 3.8) is 0 Å². The quantitative estimate of drug-likeness (QED) is 0.645. The standard InChI is InChI=1S/C16H11F3INO3/c1-3-7-4-8(16(22)23)15(14(19)13(7)18)21-11-6-12(24-2)10(20)5-9(11)17/h3-6,21H,1H2,2H3,(H,22,23). The predicted octanol–water partition coefficient (Wildman–Crippen LogP) is 4.80. The molecule has 0 bridgehead atoms. The van der Waals surface area contributed by atoms with Crippen LogP contribution < -0.4 is 10.1 Å². The normalized spacial score (nSPS) is 10.4. The predicted molar refractivity (Wildman–Crippen MR) is 92.4 cm³/mol. The summed E-state index contributed by atoms with van der Waals surface area (Å²) in [6.07, 6.45) is 0.989. The first-order valence-electron chi connectivity index (χ1n) is 6.48. The van der Waals surface area contributed by atoms with Crippen LogP contribution in [0.25, 0.3) is 6.08 Å². The van der Waals surface area contributed by atoms with Crippen molar-refractivity contribution in [1.29, 1.82) is 0 Å². The van der Waals surface area contributed by atoms with E-state index in [0.29, 0.717) is 9.32 Å². The van der Waals surface area contributed by atoms with Crippen molar-refractivity contribution in [3.8, 4) is 5.75 Å². The zero-order valence-corrected chi connectivity index (χ0v) is 14.4. The number of hydrogen-bond donors (Lipinski definition) is 2. The van der Waals surface area contributed by atoms with E-state index in [9.17, 15) is 23.1 Å². The number of rotatable bonds is 5. The van der Waals surface area contributed by atoms with E-state index in [1.54, 1.807) is 0 Å². The van der Waals surface area contributed by atoms with Gasteiger partial charge in [0.15, 0.2) is 11.6 Å². The monoisotopic (exact) mass is 449 g/mol. The van der Waals surface area contributed by atoms with Crippen molar-refractivity contribution >= 4 is 46.0 Å². The largest absolute Gasteiger partial charge is 0.496 e. The van der Waals surface area contributed by atoms with E-state index in [4.69, 9.17) is 4.74 Å². The third-order valence-electron chi connectivity index (χ3n) is 3.19. The van der Waals surface area contributed by atoms with Gasteiger partial charge in [-0.25, -0.2) is 18.0 Å². The summed E-state index contributed by atoms with van der Waals surface area (Å²) >= 11 is 1.84. The van der Waals surface area contributed by atoms with Gasteiger partial charge in [0.2, 0.25) is 0 Å². The van der Waals surface area contributed by atoms with Gasteiger partial charge in [0.1, 0.15) is 11.6 Å². The molecule has 0 aliphatic heterocycles. The molecule has 0 saturated carbocycles. The highest BCUT2D eigenvalue weighted by atomic mass is 127. The molecule has 2 N–H and O–H groups in total. The molecule has 2 rings (SSSR count). The van der Waals surface area contributed by atoms with Crippen LogP contribution in [0.2, 0.25) is 0 Å². The summed E-state index contributed by atoms with van der Waals surface area (Å²) in [4.78, 5) is 11.3. The second kappa shape index (κ2) is 7.12. The van der Waals surface area contributed by atoms with Gasteiger partial charge in [-0.3, -0.25) is 0 Å². The lowest BCUT2D eigenvalue weighted by Gasteiger charge is -2.15. The van der Waals surface area contributed by atoms with Gasteiger partial charge in [0.05, 0.1) is 27.6 Å². The Morgan fingerprint density at radius 2 is 1.96 bits per heavy atom. The van der Waals surface area contributed by atoms with Crippen molar-refractivity contribution in [2.75, 3.05) is 12.4 Å². The molecular formula is C16H11F3INO3. The van der Waals surface area contributed by atoms with Crippen LogP contribution >= 0.6 is 22.6 Å². The molecule has 0 aliphatic carbocycles. The number of carbonyl (C=O) groups is 1. The lowest BCUT2D eigenvalue weighted by molar-refractivity contribution is 0.0697. The second-order valence-corrected chi connectivity index (χ2v) is 5.78. The van der Waals surface area contributed by atoms with Crippen LogP contribution in [0.4, 0.5) is 24.5 Å². The number of benzene rings is 2. The van der Waals surface area contributed by atoms with Gasteiger partial charge in [0.25, 0.3) is 0 Å².